The molecule has 1 amide bonds. The molecular formula is C28H32FN3O4S. The lowest BCUT2D eigenvalue weighted by atomic mass is 9.96. The Morgan fingerprint density at radius 1 is 1.14 bits per heavy atom. The zero-order valence-corrected chi connectivity index (χ0v) is 21.9. The summed E-state index contributed by atoms with van der Waals surface area (Å²) < 4.78 is 47.5. The molecule has 0 saturated carbocycles. The summed E-state index contributed by atoms with van der Waals surface area (Å²) in [6, 6.07) is 16.3. The number of aryl methyl sites for hydroxylation is 2. The molecule has 3 aromatic rings. The van der Waals surface area contributed by atoms with Gasteiger partial charge in [-0.15, -0.1) is 0 Å². The van der Waals surface area contributed by atoms with Crippen LogP contribution < -0.4 is 5.32 Å². The van der Waals surface area contributed by atoms with Crippen molar-refractivity contribution in [1.29, 1.82) is 0 Å². The lowest BCUT2D eigenvalue weighted by molar-refractivity contribution is -0.126. The van der Waals surface area contributed by atoms with Crippen molar-refractivity contribution in [2.75, 3.05) is 13.1 Å². The predicted octanol–water partition coefficient (Wildman–Crippen LogP) is 4.83. The number of nitrogens with one attached hydrogen (secondary N) is 1. The van der Waals surface area contributed by atoms with Crippen molar-refractivity contribution < 1.29 is 22.1 Å². The monoisotopic (exact) mass is 525 g/mol. The molecule has 1 fully saturated rings. The SMILES string of the molecule is Cc1noc(C=Cc2ccccc2F)c1S(=O)(=O)N1CCC(C(=O)NC(C)CCc2ccccc2)CC1. The summed E-state index contributed by atoms with van der Waals surface area (Å²) >= 11 is 0. The van der Waals surface area contributed by atoms with Crippen molar-refractivity contribution in [2.45, 2.75) is 50.5 Å². The second-order valence-corrected chi connectivity index (χ2v) is 11.3. The number of piperidine rings is 1. The number of benzene rings is 2. The summed E-state index contributed by atoms with van der Waals surface area (Å²) in [6.07, 6.45) is 5.46. The highest BCUT2D eigenvalue weighted by molar-refractivity contribution is 7.89. The van der Waals surface area contributed by atoms with Crippen LogP contribution in [0.1, 0.15) is 48.8 Å². The fraction of sp³-hybridized carbons (Fsp3) is 0.357. The van der Waals surface area contributed by atoms with Crippen molar-refractivity contribution >= 4 is 28.1 Å². The second kappa shape index (κ2) is 11.8. The van der Waals surface area contributed by atoms with E-state index in [1.807, 2.05) is 25.1 Å². The normalized spacial score (nSPS) is 16.2. The molecule has 0 aliphatic carbocycles. The van der Waals surface area contributed by atoms with E-state index in [0.717, 1.165) is 12.8 Å². The number of halogens is 1. The maximum Gasteiger partial charge on any atom is 0.248 e. The zero-order chi connectivity index (χ0) is 26.4. The minimum absolute atomic E-state index is 0.0259. The van der Waals surface area contributed by atoms with Crippen LogP contribution in [0, 0.1) is 18.7 Å². The van der Waals surface area contributed by atoms with Gasteiger partial charge in [0.05, 0.1) is 0 Å². The first kappa shape index (κ1) is 26.8. The number of nitrogens with zero attached hydrogens (tertiary/aromatic N) is 2. The van der Waals surface area contributed by atoms with Crippen molar-refractivity contribution in [2.24, 2.45) is 5.92 Å². The maximum atomic E-state index is 14.0. The third kappa shape index (κ3) is 6.53. The first-order valence-electron chi connectivity index (χ1n) is 12.5. The van der Waals surface area contributed by atoms with Crippen LogP contribution in [0.15, 0.2) is 64.0 Å². The van der Waals surface area contributed by atoms with Crippen molar-refractivity contribution in [1.82, 2.24) is 14.8 Å². The van der Waals surface area contributed by atoms with Gasteiger partial charge in [-0.2, -0.15) is 4.31 Å². The number of aromatic nitrogens is 1. The Balaban J connectivity index is 1.36. The second-order valence-electron chi connectivity index (χ2n) is 9.43. The first-order chi connectivity index (χ1) is 17.8. The van der Waals surface area contributed by atoms with E-state index in [2.05, 4.69) is 22.6 Å². The summed E-state index contributed by atoms with van der Waals surface area (Å²) in [6.45, 7) is 4.00. The molecule has 0 radical (unpaired) electrons. The molecule has 2 heterocycles. The molecule has 9 heteroatoms. The van der Waals surface area contributed by atoms with E-state index in [-0.39, 0.29) is 47.3 Å². The van der Waals surface area contributed by atoms with E-state index in [9.17, 15) is 17.6 Å². The predicted molar refractivity (Wildman–Crippen MR) is 140 cm³/mol. The molecule has 37 heavy (non-hydrogen) atoms. The van der Waals surface area contributed by atoms with E-state index in [1.165, 1.54) is 28.1 Å². The summed E-state index contributed by atoms with van der Waals surface area (Å²) in [7, 11) is -3.91. The van der Waals surface area contributed by atoms with Gasteiger partial charge in [-0.3, -0.25) is 4.79 Å². The first-order valence-corrected chi connectivity index (χ1v) is 13.9. The molecule has 196 valence electrons. The molecule has 1 atom stereocenters. The van der Waals surface area contributed by atoms with E-state index in [0.29, 0.717) is 18.4 Å². The Labute approximate surface area is 217 Å². The topological polar surface area (TPSA) is 92.5 Å². The quantitative estimate of drug-likeness (QED) is 0.432. The number of hydrogen-bond donors (Lipinski definition) is 1. The van der Waals surface area contributed by atoms with E-state index >= 15 is 0 Å². The molecule has 0 bridgehead atoms. The Morgan fingerprint density at radius 2 is 1.81 bits per heavy atom. The number of hydrogen-bond acceptors (Lipinski definition) is 5. The lowest BCUT2D eigenvalue weighted by Gasteiger charge is -2.31. The van der Waals surface area contributed by atoms with Crippen LogP contribution in [0.25, 0.3) is 12.2 Å². The molecule has 7 nitrogen and oxygen atoms in total. The summed E-state index contributed by atoms with van der Waals surface area (Å²) in [5.41, 5.74) is 1.78. The van der Waals surface area contributed by atoms with E-state index in [1.54, 1.807) is 25.1 Å². The minimum atomic E-state index is -3.91. The smallest absolute Gasteiger partial charge is 0.248 e. The van der Waals surface area contributed by atoms with Gasteiger partial charge < -0.3 is 9.84 Å². The van der Waals surface area contributed by atoms with Crippen molar-refractivity contribution in [3.05, 3.63) is 83.0 Å². The Hall–Kier alpha value is -3.30. The standard InChI is InChI=1S/C28H32FN3O4S/c1-20(12-13-22-8-4-3-5-9-22)30-28(33)24-16-18-32(19-17-24)37(34,35)27-21(2)31-36-26(27)15-14-23-10-6-7-11-25(23)29/h3-11,14-15,20,24H,12-13,16-19H2,1-2H3,(H,30,33). The third-order valence-electron chi connectivity index (χ3n) is 6.67. The van der Waals surface area contributed by atoms with Crippen LogP contribution >= 0.6 is 0 Å². The highest BCUT2D eigenvalue weighted by atomic mass is 32.2. The molecule has 4 rings (SSSR count). The lowest BCUT2D eigenvalue weighted by Crippen LogP contribution is -2.45. The van der Waals surface area contributed by atoms with Gasteiger partial charge >= 0.3 is 0 Å². The largest absolute Gasteiger partial charge is 0.355 e. The Bertz CT molecular complexity index is 1350. The van der Waals surface area contributed by atoms with Gasteiger partial charge in [-0.25, -0.2) is 12.8 Å². The Kier molecular flexibility index (Phi) is 8.56. The molecule has 1 saturated heterocycles. The van der Waals surface area contributed by atoms with E-state index < -0.39 is 15.8 Å². The average Bonchev–Trinajstić information content (AvgIpc) is 3.28. The molecular weight excluding hydrogens is 493 g/mol. The average molecular weight is 526 g/mol. The van der Waals surface area contributed by atoms with Gasteiger partial charge in [0.25, 0.3) is 0 Å². The molecule has 1 aliphatic heterocycles. The molecule has 1 aliphatic rings. The number of amides is 1. The summed E-state index contributed by atoms with van der Waals surface area (Å²) in [5, 5.41) is 6.92. The van der Waals surface area contributed by atoms with Crippen LogP contribution in [0.4, 0.5) is 4.39 Å². The van der Waals surface area contributed by atoms with Crippen LogP contribution in [-0.2, 0) is 21.2 Å². The molecule has 1 N–H and O–H groups in total. The number of sulfonamides is 1. The van der Waals surface area contributed by atoms with Gasteiger partial charge in [0.2, 0.25) is 15.9 Å². The van der Waals surface area contributed by atoms with Gasteiger partial charge in [0.15, 0.2) is 10.7 Å². The highest BCUT2D eigenvalue weighted by Gasteiger charge is 2.36. The third-order valence-corrected chi connectivity index (χ3v) is 8.73. The number of carbonyl (C=O) groups is 1. The van der Waals surface area contributed by atoms with Crippen molar-refractivity contribution in [3.63, 3.8) is 0 Å². The molecule has 0 spiro atoms. The van der Waals surface area contributed by atoms with Crippen molar-refractivity contribution in [3.8, 4) is 0 Å². The Morgan fingerprint density at radius 3 is 2.51 bits per heavy atom. The fourth-order valence-electron chi connectivity index (χ4n) is 4.52. The molecule has 1 unspecified atom stereocenters. The summed E-state index contributed by atoms with van der Waals surface area (Å²) in [4.78, 5) is 12.8. The fourth-order valence-corrected chi connectivity index (χ4v) is 6.24. The van der Waals surface area contributed by atoms with Crippen LogP contribution in [0.3, 0.4) is 0 Å². The summed E-state index contributed by atoms with van der Waals surface area (Å²) in [5.74, 6) is -0.649. The number of carbonyl (C=O) groups excluding carboxylic acids is 1. The molecule has 2 aromatic carbocycles. The maximum absolute atomic E-state index is 14.0. The van der Waals surface area contributed by atoms with Gasteiger partial charge in [-0.1, -0.05) is 53.7 Å². The molecule has 1 aromatic heterocycles. The van der Waals surface area contributed by atoms with Gasteiger partial charge in [0.1, 0.15) is 11.5 Å². The zero-order valence-electron chi connectivity index (χ0n) is 21.1. The minimum Gasteiger partial charge on any atom is -0.355 e. The van der Waals surface area contributed by atoms with Crippen LogP contribution in [0.2, 0.25) is 0 Å². The van der Waals surface area contributed by atoms with Gasteiger partial charge in [0, 0.05) is 30.6 Å². The van der Waals surface area contributed by atoms with Crippen LogP contribution in [-0.4, -0.2) is 42.9 Å². The number of rotatable bonds is 9. The van der Waals surface area contributed by atoms with Gasteiger partial charge in [-0.05, 0) is 63.3 Å². The van der Waals surface area contributed by atoms with E-state index in [4.69, 9.17) is 4.52 Å². The van der Waals surface area contributed by atoms with Crippen LogP contribution in [0.5, 0.6) is 0 Å². The highest BCUT2D eigenvalue weighted by Crippen LogP contribution is 2.29.